The molecule has 0 bridgehead atoms. The largest absolute Gasteiger partial charge is 0.475 e. The fourth-order valence-corrected chi connectivity index (χ4v) is 4.85. The number of benzene rings is 2. The molecule has 0 radical (unpaired) electrons. The standard InChI is InChI=1S/C27H25ClF3N5O2/c1-14-6-11-19(28)12-20(14)25-35-23-21(36(25)13-16-7-9-18(10-8-16)27(29,30)31)22(33-24(34-23)26(37)38)32-15(2)17-4-3-5-17/h6-12,15,17H,3-5,13H2,1-2H3,(H,37,38)(H,32,33,34). The molecular formula is C27H25ClF3N5O2. The minimum absolute atomic E-state index is 0.0225. The molecule has 38 heavy (non-hydrogen) atoms. The average molecular weight is 544 g/mol. The number of carboxylic acids is 1. The first-order chi connectivity index (χ1) is 18.0. The molecule has 2 aromatic heterocycles. The van der Waals surface area contributed by atoms with E-state index in [9.17, 15) is 23.1 Å². The summed E-state index contributed by atoms with van der Waals surface area (Å²) in [6, 6.07) is 10.3. The van der Waals surface area contributed by atoms with Gasteiger partial charge < -0.3 is 15.0 Å². The van der Waals surface area contributed by atoms with Crippen LogP contribution in [0.15, 0.2) is 42.5 Å². The molecule has 11 heteroatoms. The number of carbonyl (C=O) groups is 1. The van der Waals surface area contributed by atoms with Gasteiger partial charge in [-0.1, -0.05) is 36.2 Å². The van der Waals surface area contributed by atoms with E-state index in [1.165, 1.54) is 12.1 Å². The maximum absolute atomic E-state index is 13.1. The van der Waals surface area contributed by atoms with E-state index in [0.717, 1.165) is 37.0 Å². The van der Waals surface area contributed by atoms with E-state index in [2.05, 4.69) is 15.3 Å². The highest BCUT2D eigenvalue weighted by atomic mass is 35.5. The lowest BCUT2D eigenvalue weighted by molar-refractivity contribution is -0.137. The number of anilines is 1. The van der Waals surface area contributed by atoms with Crippen molar-refractivity contribution < 1.29 is 23.1 Å². The van der Waals surface area contributed by atoms with Gasteiger partial charge >= 0.3 is 12.1 Å². The molecule has 2 N–H and O–H groups in total. The summed E-state index contributed by atoms with van der Waals surface area (Å²) in [6.45, 7) is 4.06. The first-order valence-electron chi connectivity index (χ1n) is 12.2. The Hall–Kier alpha value is -3.66. The Morgan fingerprint density at radius 3 is 2.47 bits per heavy atom. The number of aromatic nitrogens is 4. The molecule has 4 aromatic rings. The van der Waals surface area contributed by atoms with Crippen LogP contribution in [0.3, 0.4) is 0 Å². The fraction of sp³-hybridized carbons (Fsp3) is 0.333. The third-order valence-corrected chi connectivity index (χ3v) is 7.31. The number of hydrogen-bond donors (Lipinski definition) is 2. The van der Waals surface area contributed by atoms with Crippen LogP contribution >= 0.6 is 11.6 Å². The van der Waals surface area contributed by atoms with E-state index < -0.39 is 23.5 Å². The highest BCUT2D eigenvalue weighted by Crippen LogP contribution is 2.35. The van der Waals surface area contributed by atoms with Crippen LogP contribution in [-0.2, 0) is 12.7 Å². The van der Waals surface area contributed by atoms with E-state index in [1.54, 1.807) is 16.7 Å². The number of fused-ring (bicyclic) bond motifs is 1. The number of halogens is 4. The molecule has 0 saturated heterocycles. The van der Waals surface area contributed by atoms with E-state index in [-0.39, 0.29) is 18.2 Å². The second-order valence-corrected chi connectivity index (χ2v) is 10.1. The van der Waals surface area contributed by atoms with Crippen molar-refractivity contribution in [1.29, 1.82) is 0 Å². The number of imidazole rings is 1. The average Bonchev–Trinajstić information content (AvgIpc) is 3.17. The molecular weight excluding hydrogens is 519 g/mol. The van der Waals surface area contributed by atoms with Crippen LogP contribution in [0.2, 0.25) is 5.02 Å². The summed E-state index contributed by atoms with van der Waals surface area (Å²) in [4.78, 5) is 25.1. The monoisotopic (exact) mass is 543 g/mol. The van der Waals surface area contributed by atoms with Crippen LogP contribution in [0.1, 0.15) is 53.5 Å². The third-order valence-electron chi connectivity index (χ3n) is 7.08. The maximum Gasteiger partial charge on any atom is 0.416 e. The van der Waals surface area contributed by atoms with E-state index in [0.29, 0.717) is 39.2 Å². The molecule has 0 spiro atoms. The molecule has 2 aromatic carbocycles. The van der Waals surface area contributed by atoms with Crippen molar-refractivity contribution in [3.8, 4) is 11.4 Å². The van der Waals surface area contributed by atoms with Gasteiger partial charge in [-0.15, -0.1) is 0 Å². The molecule has 5 rings (SSSR count). The molecule has 0 aliphatic heterocycles. The number of hydrogen-bond acceptors (Lipinski definition) is 5. The van der Waals surface area contributed by atoms with Crippen LogP contribution in [0.25, 0.3) is 22.6 Å². The highest BCUT2D eigenvalue weighted by Gasteiger charge is 2.30. The van der Waals surface area contributed by atoms with Gasteiger partial charge in [0.15, 0.2) is 11.5 Å². The summed E-state index contributed by atoms with van der Waals surface area (Å²) in [5, 5.41) is 13.5. The number of rotatable bonds is 7. The van der Waals surface area contributed by atoms with E-state index >= 15 is 0 Å². The van der Waals surface area contributed by atoms with Crippen molar-refractivity contribution in [2.45, 2.75) is 51.9 Å². The van der Waals surface area contributed by atoms with Crippen molar-refractivity contribution in [3.05, 3.63) is 70.0 Å². The fourth-order valence-electron chi connectivity index (χ4n) is 4.68. The minimum Gasteiger partial charge on any atom is -0.475 e. The molecule has 1 fully saturated rings. The molecule has 0 amide bonds. The Morgan fingerprint density at radius 1 is 1.16 bits per heavy atom. The summed E-state index contributed by atoms with van der Waals surface area (Å²) >= 11 is 6.30. The third kappa shape index (κ3) is 5.05. The van der Waals surface area contributed by atoms with Gasteiger partial charge in [0.25, 0.3) is 0 Å². The van der Waals surface area contributed by atoms with E-state index in [1.807, 2.05) is 19.9 Å². The van der Waals surface area contributed by atoms with Crippen LogP contribution in [0.5, 0.6) is 0 Å². The zero-order valence-electron chi connectivity index (χ0n) is 20.7. The van der Waals surface area contributed by atoms with Gasteiger partial charge in [-0.25, -0.2) is 19.7 Å². The highest BCUT2D eigenvalue weighted by molar-refractivity contribution is 6.30. The normalized spacial score (nSPS) is 14.9. The Morgan fingerprint density at radius 2 is 1.87 bits per heavy atom. The number of alkyl halides is 3. The molecule has 198 valence electrons. The summed E-state index contributed by atoms with van der Waals surface area (Å²) in [7, 11) is 0. The van der Waals surface area contributed by atoms with Crippen molar-refractivity contribution in [2.75, 3.05) is 5.32 Å². The second kappa shape index (κ2) is 9.90. The van der Waals surface area contributed by atoms with Crippen LogP contribution in [0, 0.1) is 12.8 Å². The van der Waals surface area contributed by atoms with E-state index in [4.69, 9.17) is 16.6 Å². The van der Waals surface area contributed by atoms with Gasteiger partial charge in [-0.2, -0.15) is 13.2 Å². The van der Waals surface area contributed by atoms with Gasteiger partial charge in [-0.05, 0) is 68.0 Å². The van der Waals surface area contributed by atoms with Crippen molar-refractivity contribution in [2.24, 2.45) is 5.92 Å². The Kier molecular flexibility index (Phi) is 6.77. The summed E-state index contributed by atoms with van der Waals surface area (Å²) < 4.78 is 41.3. The lowest BCUT2D eigenvalue weighted by Crippen LogP contribution is -2.31. The van der Waals surface area contributed by atoms with Crippen molar-refractivity contribution in [1.82, 2.24) is 19.5 Å². The number of carboxylic acid groups (broad SMARTS) is 1. The van der Waals surface area contributed by atoms with Crippen LogP contribution in [0.4, 0.5) is 19.0 Å². The molecule has 7 nitrogen and oxygen atoms in total. The number of aromatic carboxylic acids is 1. The Labute approximate surface area is 221 Å². The zero-order chi connectivity index (χ0) is 27.2. The predicted octanol–water partition coefficient (Wildman–Crippen LogP) is 6.82. The van der Waals surface area contributed by atoms with Gasteiger partial charge in [0, 0.05) is 23.2 Å². The van der Waals surface area contributed by atoms with Gasteiger partial charge in [-0.3, -0.25) is 0 Å². The van der Waals surface area contributed by atoms with Gasteiger partial charge in [0.05, 0.1) is 5.56 Å². The van der Waals surface area contributed by atoms with Crippen molar-refractivity contribution >= 4 is 34.6 Å². The summed E-state index contributed by atoms with van der Waals surface area (Å²) in [5.74, 6) is -0.485. The maximum atomic E-state index is 13.1. The SMILES string of the molecule is Cc1ccc(Cl)cc1-c1nc2nc(C(=O)O)nc(NC(C)C3CCC3)c2n1Cc1ccc(C(F)(F)F)cc1. The van der Waals surface area contributed by atoms with Crippen LogP contribution < -0.4 is 5.32 Å². The smallest absolute Gasteiger partial charge is 0.416 e. The molecule has 2 heterocycles. The number of nitrogens with one attached hydrogen (secondary N) is 1. The Bertz CT molecular complexity index is 1510. The van der Waals surface area contributed by atoms with Gasteiger partial charge in [0.2, 0.25) is 5.82 Å². The number of aryl methyl sites for hydroxylation is 1. The van der Waals surface area contributed by atoms with Gasteiger partial charge in [0.1, 0.15) is 11.3 Å². The summed E-state index contributed by atoms with van der Waals surface area (Å²) in [6.07, 6.45) is -1.18. The lowest BCUT2D eigenvalue weighted by Gasteiger charge is -2.32. The molecule has 1 saturated carbocycles. The number of nitrogens with zero attached hydrogens (tertiary/aromatic N) is 4. The van der Waals surface area contributed by atoms with Crippen LogP contribution in [-0.4, -0.2) is 36.6 Å². The predicted molar refractivity (Wildman–Crippen MR) is 138 cm³/mol. The summed E-state index contributed by atoms with van der Waals surface area (Å²) in [5.41, 5.74) is 2.05. The lowest BCUT2D eigenvalue weighted by atomic mass is 9.80. The molecule has 1 aliphatic rings. The van der Waals surface area contributed by atoms with Crippen molar-refractivity contribution in [3.63, 3.8) is 0 Å². The first kappa shape index (κ1) is 26.0. The first-order valence-corrected chi connectivity index (χ1v) is 12.6. The molecule has 1 atom stereocenters. The molecule has 1 unspecified atom stereocenters. The quantitative estimate of drug-likeness (QED) is 0.266. The Balaban J connectivity index is 1.71. The second-order valence-electron chi connectivity index (χ2n) is 9.67. The topological polar surface area (TPSA) is 92.9 Å². The molecule has 1 aliphatic carbocycles. The minimum atomic E-state index is -4.45. The zero-order valence-corrected chi connectivity index (χ0v) is 21.4.